The van der Waals surface area contributed by atoms with Gasteiger partial charge in [0.05, 0.1) is 27.0 Å². The van der Waals surface area contributed by atoms with Crippen molar-refractivity contribution >= 4 is 35.8 Å². The molecule has 0 aliphatic rings. The van der Waals surface area contributed by atoms with E-state index in [1.807, 2.05) is 6.92 Å². The molecule has 2 aromatic heterocycles. The van der Waals surface area contributed by atoms with E-state index < -0.39 is 5.82 Å². The second-order valence-electron chi connectivity index (χ2n) is 6.97. The maximum atomic E-state index is 14.6. The Morgan fingerprint density at radius 1 is 1.18 bits per heavy atom. The lowest BCUT2D eigenvalue weighted by Gasteiger charge is -2.13. The SMILES string of the molecule is CC(C)(C)c1nc(-c2cccc(N)c2F)c(-c2ccnc(N)n2)s1.CCNS. The summed E-state index contributed by atoms with van der Waals surface area (Å²) in [5.41, 5.74) is 12.8. The number of thiazole rings is 1. The van der Waals surface area contributed by atoms with Crippen LogP contribution < -0.4 is 16.2 Å². The summed E-state index contributed by atoms with van der Waals surface area (Å²) in [7, 11) is 0. The Morgan fingerprint density at radius 3 is 2.43 bits per heavy atom. The van der Waals surface area contributed by atoms with Gasteiger partial charge >= 0.3 is 0 Å². The number of nitrogens with one attached hydrogen (secondary N) is 1. The maximum absolute atomic E-state index is 14.6. The number of anilines is 2. The number of thiol groups is 1. The van der Waals surface area contributed by atoms with E-state index >= 15 is 0 Å². The van der Waals surface area contributed by atoms with Crippen LogP contribution in [0.5, 0.6) is 0 Å². The van der Waals surface area contributed by atoms with E-state index in [0.29, 0.717) is 17.0 Å². The molecule has 0 bridgehead atoms. The Balaban J connectivity index is 0.000000640. The van der Waals surface area contributed by atoms with Crippen molar-refractivity contribution in [1.29, 1.82) is 0 Å². The quantitative estimate of drug-likeness (QED) is 0.372. The van der Waals surface area contributed by atoms with Crippen LogP contribution in [0.2, 0.25) is 0 Å². The van der Waals surface area contributed by atoms with Crippen molar-refractivity contribution < 1.29 is 4.39 Å². The Labute approximate surface area is 174 Å². The predicted molar refractivity (Wildman–Crippen MR) is 119 cm³/mol. The van der Waals surface area contributed by atoms with Crippen LogP contribution in [0.15, 0.2) is 30.5 Å². The van der Waals surface area contributed by atoms with Crippen molar-refractivity contribution in [3.8, 4) is 21.8 Å². The highest BCUT2D eigenvalue weighted by Crippen LogP contribution is 2.41. The third-order valence-electron chi connectivity index (χ3n) is 3.62. The van der Waals surface area contributed by atoms with E-state index in [0.717, 1.165) is 16.4 Å². The molecule has 3 aromatic rings. The van der Waals surface area contributed by atoms with Crippen LogP contribution in [0.4, 0.5) is 16.0 Å². The molecule has 0 spiro atoms. The molecule has 150 valence electrons. The third kappa shape index (κ3) is 5.18. The number of nitrogens with zero attached hydrogens (tertiary/aromatic N) is 3. The minimum atomic E-state index is -0.480. The Bertz CT molecular complexity index is 934. The number of nitrogen functional groups attached to an aromatic ring is 2. The van der Waals surface area contributed by atoms with E-state index in [2.05, 4.69) is 53.3 Å². The van der Waals surface area contributed by atoms with Gasteiger partial charge in [-0.3, -0.25) is 4.72 Å². The first-order chi connectivity index (χ1) is 13.2. The number of benzene rings is 1. The van der Waals surface area contributed by atoms with E-state index in [4.69, 9.17) is 11.5 Å². The first kappa shape index (κ1) is 22.1. The molecule has 3 rings (SSSR count). The minimum Gasteiger partial charge on any atom is -0.396 e. The van der Waals surface area contributed by atoms with Gasteiger partial charge < -0.3 is 11.5 Å². The summed E-state index contributed by atoms with van der Waals surface area (Å²) >= 11 is 5.14. The maximum Gasteiger partial charge on any atom is 0.220 e. The molecule has 0 atom stereocenters. The van der Waals surface area contributed by atoms with E-state index in [1.165, 1.54) is 17.4 Å². The average molecular weight is 421 g/mol. The van der Waals surface area contributed by atoms with Crippen molar-refractivity contribution in [2.24, 2.45) is 0 Å². The van der Waals surface area contributed by atoms with Crippen molar-refractivity contribution in [3.05, 3.63) is 41.3 Å². The van der Waals surface area contributed by atoms with Gasteiger partial charge in [0.25, 0.3) is 0 Å². The summed E-state index contributed by atoms with van der Waals surface area (Å²) in [5.74, 6) is -0.316. The van der Waals surface area contributed by atoms with Gasteiger partial charge in [0.15, 0.2) is 5.82 Å². The molecule has 2 heterocycles. The van der Waals surface area contributed by atoms with Gasteiger partial charge in [-0.1, -0.05) is 46.6 Å². The van der Waals surface area contributed by atoms with Crippen LogP contribution in [-0.2, 0) is 5.41 Å². The summed E-state index contributed by atoms with van der Waals surface area (Å²) in [6.45, 7) is 9.10. The lowest BCUT2D eigenvalue weighted by molar-refractivity contribution is 0.585. The van der Waals surface area contributed by atoms with Gasteiger partial charge in [0.2, 0.25) is 5.95 Å². The first-order valence-electron chi connectivity index (χ1n) is 8.70. The molecule has 6 nitrogen and oxygen atoms in total. The third-order valence-corrected chi connectivity index (χ3v) is 5.44. The largest absolute Gasteiger partial charge is 0.396 e. The normalized spacial score (nSPS) is 11.1. The van der Waals surface area contributed by atoms with Crippen LogP contribution >= 0.6 is 24.2 Å². The molecular formula is C19H25FN6S2. The Kier molecular flexibility index (Phi) is 7.34. The highest BCUT2D eigenvalue weighted by Gasteiger charge is 2.25. The Morgan fingerprint density at radius 2 is 1.86 bits per heavy atom. The molecule has 0 fully saturated rings. The minimum absolute atomic E-state index is 0.0889. The molecular weight excluding hydrogens is 395 g/mol. The van der Waals surface area contributed by atoms with Crippen LogP contribution in [0.1, 0.15) is 32.7 Å². The molecule has 1 aromatic carbocycles. The van der Waals surface area contributed by atoms with E-state index in [9.17, 15) is 4.39 Å². The smallest absolute Gasteiger partial charge is 0.220 e. The molecule has 0 saturated heterocycles. The highest BCUT2D eigenvalue weighted by molar-refractivity contribution is 7.78. The van der Waals surface area contributed by atoms with E-state index in [1.54, 1.807) is 24.4 Å². The standard InChI is InChI=1S/C17H18FN5S.C2H7NS/c1-17(2,3)15-23-13(9-5-4-6-10(19)12(9)18)14(24-15)11-7-8-21-16(20)22-11;1-2-3-4/h4-8H,19H2,1-3H3,(H2,20,21,22);3-4H,2H2,1H3. The average Bonchev–Trinajstić information content (AvgIpc) is 3.10. The zero-order valence-electron chi connectivity index (χ0n) is 16.3. The second-order valence-corrected chi connectivity index (χ2v) is 8.28. The summed E-state index contributed by atoms with van der Waals surface area (Å²) in [6.07, 6.45) is 1.58. The van der Waals surface area contributed by atoms with Crippen LogP contribution in [0.3, 0.4) is 0 Å². The summed E-state index contributed by atoms with van der Waals surface area (Å²) in [5, 5.41) is 0.881. The fourth-order valence-electron chi connectivity index (χ4n) is 2.23. The van der Waals surface area contributed by atoms with Gasteiger partial charge in [-0.15, -0.1) is 11.3 Å². The lowest BCUT2D eigenvalue weighted by atomic mass is 9.98. The molecule has 28 heavy (non-hydrogen) atoms. The first-order valence-corrected chi connectivity index (χ1v) is 9.96. The van der Waals surface area contributed by atoms with Crippen molar-refractivity contribution in [2.45, 2.75) is 33.1 Å². The molecule has 0 amide bonds. The summed E-state index contributed by atoms with van der Waals surface area (Å²) in [4.78, 5) is 13.6. The summed E-state index contributed by atoms with van der Waals surface area (Å²) < 4.78 is 17.2. The molecule has 0 saturated carbocycles. The van der Waals surface area contributed by atoms with Crippen LogP contribution in [0.25, 0.3) is 21.8 Å². The summed E-state index contributed by atoms with van der Waals surface area (Å²) in [6, 6.07) is 6.64. The highest BCUT2D eigenvalue weighted by atomic mass is 32.1. The van der Waals surface area contributed by atoms with Gasteiger partial charge in [0, 0.05) is 23.7 Å². The van der Waals surface area contributed by atoms with Crippen molar-refractivity contribution in [2.75, 3.05) is 18.0 Å². The zero-order valence-corrected chi connectivity index (χ0v) is 18.0. The zero-order chi connectivity index (χ0) is 20.9. The second kappa shape index (κ2) is 9.31. The number of halogens is 1. The fraction of sp³-hybridized carbons (Fsp3) is 0.316. The molecule has 0 unspecified atom stereocenters. The van der Waals surface area contributed by atoms with Gasteiger partial charge in [0.1, 0.15) is 0 Å². The number of hydrogen-bond donors (Lipinski definition) is 4. The van der Waals surface area contributed by atoms with Crippen molar-refractivity contribution in [3.63, 3.8) is 0 Å². The topological polar surface area (TPSA) is 103 Å². The van der Waals surface area contributed by atoms with E-state index in [-0.39, 0.29) is 17.1 Å². The number of hydrogen-bond acceptors (Lipinski definition) is 8. The van der Waals surface area contributed by atoms with Crippen molar-refractivity contribution in [1.82, 2.24) is 19.7 Å². The lowest BCUT2D eigenvalue weighted by Crippen LogP contribution is -2.10. The number of rotatable bonds is 3. The molecule has 9 heteroatoms. The van der Waals surface area contributed by atoms with Gasteiger partial charge in [-0.05, 0) is 18.2 Å². The predicted octanol–water partition coefficient (Wildman–Crippen LogP) is 4.31. The Hall–Kier alpha value is -2.23. The van der Waals surface area contributed by atoms with Gasteiger partial charge in [-0.25, -0.2) is 19.3 Å². The van der Waals surface area contributed by atoms with Gasteiger partial charge in [-0.2, -0.15) is 0 Å². The number of nitrogens with two attached hydrogens (primary N) is 2. The van der Waals surface area contributed by atoms with Crippen LogP contribution in [0, 0.1) is 5.82 Å². The van der Waals surface area contributed by atoms with Crippen LogP contribution in [-0.4, -0.2) is 21.5 Å². The molecule has 0 aliphatic carbocycles. The monoisotopic (exact) mass is 420 g/mol. The molecule has 5 N–H and O–H groups in total. The number of aromatic nitrogens is 3. The molecule has 0 aliphatic heterocycles. The molecule has 0 radical (unpaired) electrons. The fourth-order valence-corrected chi connectivity index (χ4v) is 3.34.